The molecule has 0 atom stereocenters. The average molecular weight is 196 g/mol. The summed E-state index contributed by atoms with van der Waals surface area (Å²) in [5, 5.41) is 2.75. The molecule has 0 fully saturated rings. The SMILES string of the molecule is Cc1cnccc1CNC(=O)CS. The molecule has 0 aliphatic carbocycles. The van der Waals surface area contributed by atoms with Crippen LogP contribution >= 0.6 is 12.6 Å². The van der Waals surface area contributed by atoms with Crippen LogP contribution in [0.1, 0.15) is 11.1 Å². The second-order valence-electron chi connectivity index (χ2n) is 2.74. The fraction of sp³-hybridized carbons (Fsp3) is 0.333. The summed E-state index contributed by atoms with van der Waals surface area (Å²) in [7, 11) is 0. The van der Waals surface area contributed by atoms with Crippen LogP contribution in [0.25, 0.3) is 0 Å². The normalized spacial score (nSPS) is 9.69. The summed E-state index contributed by atoms with van der Waals surface area (Å²) in [6.07, 6.45) is 3.50. The number of aromatic nitrogens is 1. The number of carbonyl (C=O) groups excluding carboxylic acids is 1. The quantitative estimate of drug-likeness (QED) is 0.706. The molecule has 0 aliphatic rings. The minimum atomic E-state index is -0.0560. The molecule has 0 saturated heterocycles. The molecule has 1 amide bonds. The lowest BCUT2D eigenvalue weighted by atomic mass is 10.1. The van der Waals surface area contributed by atoms with Gasteiger partial charge in [-0.25, -0.2) is 0 Å². The first-order chi connectivity index (χ1) is 6.24. The zero-order valence-corrected chi connectivity index (χ0v) is 8.34. The van der Waals surface area contributed by atoms with E-state index < -0.39 is 0 Å². The van der Waals surface area contributed by atoms with Gasteiger partial charge in [0.15, 0.2) is 0 Å². The molecule has 0 aromatic carbocycles. The number of nitrogens with zero attached hydrogens (tertiary/aromatic N) is 1. The molecular weight excluding hydrogens is 184 g/mol. The first-order valence-electron chi connectivity index (χ1n) is 4.01. The largest absolute Gasteiger partial charge is 0.351 e. The number of nitrogens with one attached hydrogen (secondary N) is 1. The molecule has 0 radical (unpaired) electrons. The van der Waals surface area contributed by atoms with Gasteiger partial charge < -0.3 is 5.32 Å². The van der Waals surface area contributed by atoms with E-state index in [1.165, 1.54) is 0 Å². The van der Waals surface area contributed by atoms with E-state index in [4.69, 9.17) is 0 Å². The molecule has 0 saturated carbocycles. The molecule has 0 unspecified atom stereocenters. The highest BCUT2D eigenvalue weighted by Gasteiger charge is 1.99. The van der Waals surface area contributed by atoms with Crippen LogP contribution in [0.5, 0.6) is 0 Å². The summed E-state index contributed by atoms with van der Waals surface area (Å²) in [6, 6.07) is 1.90. The summed E-state index contributed by atoms with van der Waals surface area (Å²) < 4.78 is 0. The molecule has 1 N–H and O–H groups in total. The zero-order valence-electron chi connectivity index (χ0n) is 7.45. The Morgan fingerprint density at radius 3 is 3.08 bits per heavy atom. The molecular formula is C9H12N2OS. The van der Waals surface area contributed by atoms with Crippen LogP contribution in [0.15, 0.2) is 18.5 Å². The topological polar surface area (TPSA) is 42.0 Å². The summed E-state index contributed by atoms with van der Waals surface area (Å²) in [5.74, 6) is 0.170. The Kier molecular flexibility index (Phi) is 3.76. The van der Waals surface area contributed by atoms with E-state index in [2.05, 4.69) is 22.9 Å². The van der Waals surface area contributed by atoms with Gasteiger partial charge >= 0.3 is 0 Å². The fourth-order valence-corrected chi connectivity index (χ4v) is 1.06. The van der Waals surface area contributed by atoms with E-state index >= 15 is 0 Å². The van der Waals surface area contributed by atoms with Gasteiger partial charge in [-0.1, -0.05) is 0 Å². The number of rotatable bonds is 3. The van der Waals surface area contributed by atoms with E-state index in [0.717, 1.165) is 11.1 Å². The van der Waals surface area contributed by atoms with Gasteiger partial charge in [0.05, 0.1) is 5.75 Å². The average Bonchev–Trinajstić information content (AvgIpc) is 2.16. The lowest BCUT2D eigenvalue weighted by Gasteiger charge is -2.05. The number of carbonyl (C=O) groups is 1. The molecule has 3 nitrogen and oxygen atoms in total. The highest BCUT2D eigenvalue weighted by atomic mass is 32.1. The van der Waals surface area contributed by atoms with E-state index in [1.807, 2.05) is 13.0 Å². The van der Waals surface area contributed by atoms with Gasteiger partial charge in [0.2, 0.25) is 5.91 Å². The van der Waals surface area contributed by atoms with Gasteiger partial charge in [0.25, 0.3) is 0 Å². The van der Waals surface area contributed by atoms with Crippen LogP contribution in [-0.4, -0.2) is 16.6 Å². The molecule has 1 aromatic rings. The van der Waals surface area contributed by atoms with Crippen LogP contribution in [0.3, 0.4) is 0 Å². The number of hydrogen-bond donors (Lipinski definition) is 2. The van der Waals surface area contributed by atoms with E-state index in [-0.39, 0.29) is 11.7 Å². The number of amides is 1. The molecule has 13 heavy (non-hydrogen) atoms. The maximum atomic E-state index is 10.9. The minimum absolute atomic E-state index is 0.0560. The Hall–Kier alpha value is -1.03. The Bertz CT molecular complexity index is 301. The van der Waals surface area contributed by atoms with Gasteiger partial charge in [0, 0.05) is 18.9 Å². The summed E-state index contributed by atoms with van der Waals surface area (Å²) in [5.41, 5.74) is 2.17. The first kappa shape index (κ1) is 10.1. The lowest BCUT2D eigenvalue weighted by Crippen LogP contribution is -2.24. The van der Waals surface area contributed by atoms with E-state index in [0.29, 0.717) is 6.54 Å². The Morgan fingerprint density at radius 2 is 2.46 bits per heavy atom. The van der Waals surface area contributed by atoms with Crippen LogP contribution < -0.4 is 5.32 Å². The van der Waals surface area contributed by atoms with Crippen molar-refractivity contribution in [2.24, 2.45) is 0 Å². The van der Waals surface area contributed by atoms with Crippen molar-refractivity contribution in [2.45, 2.75) is 13.5 Å². The fourth-order valence-electron chi connectivity index (χ4n) is 0.950. The van der Waals surface area contributed by atoms with E-state index in [9.17, 15) is 4.79 Å². The molecule has 1 aromatic heterocycles. The van der Waals surface area contributed by atoms with Crippen LogP contribution in [-0.2, 0) is 11.3 Å². The molecule has 4 heteroatoms. The number of aryl methyl sites for hydroxylation is 1. The second-order valence-corrected chi connectivity index (χ2v) is 3.05. The number of pyridine rings is 1. The van der Waals surface area contributed by atoms with Crippen LogP contribution in [0, 0.1) is 6.92 Å². The van der Waals surface area contributed by atoms with Crippen LogP contribution in [0.4, 0.5) is 0 Å². The molecule has 0 spiro atoms. The lowest BCUT2D eigenvalue weighted by molar-refractivity contribution is -0.118. The Labute approximate surface area is 83.0 Å². The monoisotopic (exact) mass is 196 g/mol. The predicted octanol–water partition coefficient (Wildman–Crippen LogP) is 0.936. The summed E-state index contributed by atoms with van der Waals surface area (Å²) in [4.78, 5) is 14.9. The van der Waals surface area contributed by atoms with Crippen molar-refractivity contribution in [3.8, 4) is 0 Å². The van der Waals surface area contributed by atoms with Gasteiger partial charge in [-0.3, -0.25) is 9.78 Å². The number of hydrogen-bond acceptors (Lipinski definition) is 3. The van der Waals surface area contributed by atoms with Gasteiger partial charge in [-0.15, -0.1) is 0 Å². The summed E-state index contributed by atoms with van der Waals surface area (Å²) in [6.45, 7) is 2.52. The van der Waals surface area contributed by atoms with Crippen LogP contribution in [0.2, 0.25) is 0 Å². The Balaban J connectivity index is 2.54. The van der Waals surface area contributed by atoms with Crippen molar-refractivity contribution in [1.29, 1.82) is 0 Å². The standard InChI is InChI=1S/C9H12N2OS/c1-7-4-10-3-2-8(7)5-11-9(12)6-13/h2-4,13H,5-6H2,1H3,(H,11,12). The molecule has 70 valence electrons. The predicted molar refractivity (Wildman–Crippen MR) is 54.7 cm³/mol. The second kappa shape index (κ2) is 4.87. The first-order valence-corrected chi connectivity index (χ1v) is 4.64. The van der Waals surface area contributed by atoms with Crippen molar-refractivity contribution in [3.63, 3.8) is 0 Å². The van der Waals surface area contributed by atoms with E-state index in [1.54, 1.807) is 12.4 Å². The molecule has 1 heterocycles. The molecule has 1 rings (SSSR count). The van der Waals surface area contributed by atoms with Gasteiger partial charge in [-0.2, -0.15) is 12.6 Å². The smallest absolute Gasteiger partial charge is 0.229 e. The number of thiol groups is 1. The highest BCUT2D eigenvalue weighted by molar-refractivity contribution is 7.81. The third kappa shape index (κ3) is 3.06. The van der Waals surface area contributed by atoms with Crippen molar-refractivity contribution in [2.75, 3.05) is 5.75 Å². The third-order valence-electron chi connectivity index (χ3n) is 1.76. The summed E-state index contributed by atoms with van der Waals surface area (Å²) >= 11 is 3.86. The van der Waals surface area contributed by atoms with Gasteiger partial charge in [0.1, 0.15) is 0 Å². The maximum absolute atomic E-state index is 10.9. The van der Waals surface area contributed by atoms with Crippen molar-refractivity contribution >= 4 is 18.5 Å². The Morgan fingerprint density at radius 1 is 1.69 bits per heavy atom. The molecule has 0 aliphatic heterocycles. The highest BCUT2D eigenvalue weighted by Crippen LogP contribution is 2.03. The zero-order chi connectivity index (χ0) is 9.68. The maximum Gasteiger partial charge on any atom is 0.229 e. The van der Waals surface area contributed by atoms with Crippen molar-refractivity contribution < 1.29 is 4.79 Å². The van der Waals surface area contributed by atoms with Gasteiger partial charge in [-0.05, 0) is 24.1 Å². The van der Waals surface area contributed by atoms with Crippen molar-refractivity contribution in [3.05, 3.63) is 29.6 Å². The molecule has 0 bridgehead atoms. The minimum Gasteiger partial charge on any atom is -0.351 e. The van der Waals surface area contributed by atoms with Crippen molar-refractivity contribution in [1.82, 2.24) is 10.3 Å². The third-order valence-corrected chi connectivity index (χ3v) is 2.04.